The van der Waals surface area contributed by atoms with Crippen molar-refractivity contribution < 1.29 is 13.2 Å². The van der Waals surface area contributed by atoms with E-state index >= 15 is 0 Å². The minimum absolute atomic E-state index is 0.0922. The predicted octanol–water partition coefficient (Wildman–Crippen LogP) is 3.15. The van der Waals surface area contributed by atoms with Gasteiger partial charge in [-0.3, -0.25) is 4.79 Å². The van der Waals surface area contributed by atoms with Crippen molar-refractivity contribution in [3.8, 4) is 0 Å². The Balaban J connectivity index is 2.12. The number of nitrogens with one attached hydrogen (secondary N) is 1. The predicted molar refractivity (Wildman–Crippen MR) is 81.4 cm³/mol. The summed E-state index contributed by atoms with van der Waals surface area (Å²) < 4.78 is 23.2. The molecule has 1 unspecified atom stereocenters. The summed E-state index contributed by atoms with van der Waals surface area (Å²) in [5.74, 6) is 0.186. The van der Waals surface area contributed by atoms with Gasteiger partial charge in [-0.05, 0) is 36.0 Å². The van der Waals surface area contributed by atoms with E-state index in [2.05, 4.69) is 35.1 Å². The molecule has 0 saturated heterocycles. The Morgan fingerprint density at radius 3 is 2.55 bits per heavy atom. The summed E-state index contributed by atoms with van der Waals surface area (Å²) in [5, 5.41) is 2.82. The molecule has 2 rings (SSSR count). The molecule has 7 heteroatoms. The molecule has 110 valence electrons. The maximum atomic E-state index is 12.0. The van der Waals surface area contributed by atoms with Crippen LogP contribution >= 0.6 is 26.6 Å². The molecule has 1 N–H and O–H groups in total. The van der Waals surface area contributed by atoms with Crippen molar-refractivity contribution in [1.82, 2.24) is 5.32 Å². The molecule has 1 aliphatic rings. The summed E-state index contributed by atoms with van der Waals surface area (Å²) >= 11 is 3.18. The van der Waals surface area contributed by atoms with Crippen LogP contribution in [-0.4, -0.2) is 20.9 Å². The van der Waals surface area contributed by atoms with Gasteiger partial charge in [-0.25, -0.2) is 8.42 Å². The molecular formula is C13H15BrClNO3S. The van der Waals surface area contributed by atoms with Crippen LogP contribution in [0.2, 0.25) is 0 Å². The van der Waals surface area contributed by atoms with E-state index in [9.17, 15) is 13.2 Å². The van der Waals surface area contributed by atoms with Gasteiger partial charge in [0.2, 0.25) is 0 Å². The van der Waals surface area contributed by atoms with E-state index in [0.717, 1.165) is 6.42 Å². The molecule has 20 heavy (non-hydrogen) atoms. The molecule has 0 aliphatic heterocycles. The van der Waals surface area contributed by atoms with Gasteiger partial charge in [0.15, 0.2) is 0 Å². The summed E-state index contributed by atoms with van der Waals surface area (Å²) in [6.45, 7) is 4.91. The van der Waals surface area contributed by atoms with Gasteiger partial charge in [0.1, 0.15) is 0 Å². The van der Waals surface area contributed by atoms with Crippen LogP contribution in [0.15, 0.2) is 27.6 Å². The van der Waals surface area contributed by atoms with Gasteiger partial charge in [0.05, 0.1) is 4.90 Å². The molecule has 1 atom stereocenters. The molecule has 1 aromatic carbocycles. The lowest BCUT2D eigenvalue weighted by atomic mass is 10.1. The quantitative estimate of drug-likeness (QED) is 0.816. The highest BCUT2D eigenvalue weighted by Crippen LogP contribution is 2.50. The van der Waals surface area contributed by atoms with Crippen molar-refractivity contribution in [1.29, 1.82) is 0 Å². The Morgan fingerprint density at radius 2 is 2.05 bits per heavy atom. The standard InChI is InChI=1S/C13H15BrClNO3S/c1-13(2)6-9(13)7-16-12(17)8-3-10(14)5-11(4-8)20(15,18)19/h3-5,9H,6-7H2,1-2H3,(H,16,17). The van der Waals surface area contributed by atoms with E-state index < -0.39 is 9.05 Å². The smallest absolute Gasteiger partial charge is 0.261 e. The SMILES string of the molecule is CC1(C)CC1CNC(=O)c1cc(Br)cc(S(=O)(=O)Cl)c1. The summed E-state index contributed by atoms with van der Waals surface area (Å²) in [6.07, 6.45) is 1.09. The Bertz CT molecular complexity index is 658. The first-order valence-electron chi connectivity index (χ1n) is 6.13. The number of carbonyl (C=O) groups is 1. The van der Waals surface area contributed by atoms with E-state index in [1.54, 1.807) is 6.07 Å². The minimum Gasteiger partial charge on any atom is -0.352 e. The average molecular weight is 381 g/mol. The van der Waals surface area contributed by atoms with Crippen LogP contribution in [0.1, 0.15) is 30.6 Å². The van der Waals surface area contributed by atoms with Crippen molar-refractivity contribution in [2.75, 3.05) is 6.54 Å². The Hall–Kier alpha value is -0.590. The van der Waals surface area contributed by atoms with Gasteiger partial charge in [0, 0.05) is 27.3 Å². The van der Waals surface area contributed by atoms with Crippen LogP contribution in [0.3, 0.4) is 0 Å². The van der Waals surface area contributed by atoms with Gasteiger partial charge in [-0.1, -0.05) is 29.8 Å². The van der Waals surface area contributed by atoms with Crippen LogP contribution in [-0.2, 0) is 9.05 Å². The van der Waals surface area contributed by atoms with Crippen LogP contribution < -0.4 is 5.32 Å². The number of hydrogen-bond donors (Lipinski definition) is 1. The molecule has 1 aliphatic carbocycles. The molecule has 0 bridgehead atoms. The van der Waals surface area contributed by atoms with Crippen molar-refractivity contribution in [3.05, 3.63) is 28.2 Å². The van der Waals surface area contributed by atoms with E-state index in [4.69, 9.17) is 10.7 Å². The second kappa shape index (κ2) is 5.31. The number of rotatable bonds is 4. The fourth-order valence-corrected chi connectivity index (χ4v) is 3.52. The fraction of sp³-hybridized carbons (Fsp3) is 0.462. The third-order valence-corrected chi connectivity index (χ3v) is 5.43. The van der Waals surface area contributed by atoms with E-state index in [0.29, 0.717) is 16.9 Å². The van der Waals surface area contributed by atoms with Gasteiger partial charge in [-0.2, -0.15) is 0 Å². The summed E-state index contributed by atoms with van der Waals surface area (Å²) in [6, 6.07) is 4.21. The van der Waals surface area contributed by atoms with E-state index in [-0.39, 0.29) is 21.8 Å². The zero-order chi connectivity index (χ0) is 15.1. The molecule has 4 nitrogen and oxygen atoms in total. The van der Waals surface area contributed by atoms with Gasteiger partial charge >= 0.3 is 0 Å². The molecule has 1 amide bonds. The van der Waals surface area contributed by atoms with Crippen molar-refractivity contribution in [3.63, 3.8) is 0 Å². The highest BCUT2D eigenvalue weighted by molar-refractivity contribution is 9.10. The second-order valence-corrected chi connectivity index (χ2v) is 9.19. The number of halogens is 2. The number of amides is 1. The molecule has 0 heterocycles. The maximum absolute atomic E-state index is 12.0. The third-order valence-electron chi connectivity index (χ3n) is 3.64. The summed E-state index contributed by atoms with van der Waals surface area (Å²) in [4.78, 5) is 12.0. The molecule has 0 spiro atoms. The zero-order valence-corrected chi connectivity index (χ0v) is 14.3. The lowest BCUT2D eigenvalue weighted by Crippen LogP contribution is -2.26. The Labute approximate surface area is 131 Å². The number of benzene rings is 1. The molecular weight excluding hydrogens is 366 g/mol. The highest BCUT2D eigenvalue weighted by Gasteiger charge is 2.45. The Morgan fingerprint density at radius 1 is 1.45 bits per heavy atom. The maximum Gasteiger partial charge on any atom is 0.261 e. The molecule has 1 saturated carbocycles. The number of carbonyl (C=O) groups excluding carboxylic acids is 1. The summed E-state index contributed by atoms with van der Waals surface area (Å²) in [7, 11) is 1.45. The van der Waals surface area contributed by atoms with E-state index in [1.807, 2.05) is 0 Å². The first-order valence-corrected chi connectivity index (χ1v) is 9.23. The van der Waals surface area contributed by atoms with Gasteiger partial charge in [0.25, 0.3) is 15.0 Å². The first-order chi connectivity index (χ1) is 9.09. The molecule has 0 aromatic heterocycles. The van der Waals surface area contributed by atoms with Crippen molar-refractivity contribution in [2.45, 2.75) is 25.2 Å². The third kappa shape index (κ3) is 3.74. The van der Waals surface area contributed by atoms with Crippen molar-refractivity contribution >= 4 is 41.6 Å². The lowest BCUT2D eigenvalue weighted by molar-refractivity contribution is 0.0950. The van der Waals surface area contributed by atoms with Crippen molar-refractivity contribution in [2.24, 2.45) is 11.3 Å². The second-order valence-electron chi connectivity index (χ2n) is 5.71. The minimum atomic E-state index is -3.86. The van der Waals surface area contributed by atoms with Gasteiger partial charge < -0.3 is 5.32 Å². The van der Waals surface area contributed by atoms with Crippen LogP contribution in [0.5, 0.6) is 0 Å². The first kappa shape index (κ1) is 15.8. The van der Waals surface area contributed by atoms with E-state index in [1.165, 1.54) is 12.1 Å². The fourth-order valence-electron chi connectivity index (χ4n) is 2.08. The normalized spacial score (nSPS) is 20.5. The molecule has 0 radical (unpaired) electrons. The highest BCUT2D eigenvalue weighted by atomic mass is 79.9. The Kier molecular flexibility index (Phi) is 4.19. The summed E-state index contributed by atoms with van der Waals surface area (Å²) in [5.41, 5.74) is 0.562. The monoisotopic (exact) mass is 379 g/mol. The van der Waals surface area contributed by atoms with Gasteiger partial charge in [-0.15, -0.1) is 0 Å². The largest absolute Gasteiger partial charge is 0.352 e. The van der Waals surface area contributed by atoms with Crippen LogP contribution in [0.25, 0.3) is 0 Å². The molecule has 1 fully saturated rings. The topological polar surface area (TPSA) is 63.2 Å². The average Bonchev–Trinajstić information content (AvgIpc) is 2.92. The molecule has 1 aromatic rings. The lowest BCUT2D eigenvalue weighted by Gasteiger charge is -2.08. The van der Waals surface area contributed by atoms with Crippen LogP contribution in [0, 0.1) is 11.3 Å². The number of hydrogen-bond acceptors (Lipinski definition) is 3. The zero-order valence-electron chi connectivity index (χ0n) is 11.1. The van der Waals surface area contributed by atoms with Crippen LogP contribution in [0.4, 0.5) is 0 Å².